The number of benzene rings is 1. The van der Waals surface area contributed by atoms with Crippen molar-refractivity contribution >= 4 is 53.1 Å². The van der Waals surface area contributed by atoms with E-state index in [4.69, 9.17) is 16.3 Å². The lowest BCUT2D eigenvalue weighted by Crippen LogP contribution is -2.55. The molecule has 0 bridgehead atoms. The van der Waals surface area contributed by atoms with E-state index < -0.39 is 0 Å². The molecule has 1 amide bonds. The van der Waals surface area contributed by atoms with E-state index in [0.717, 1.165) is 18.2 Å². The number of guanidine groups is 1. The van der Waals surface area contributed by atoms with Gasteiger partial charge in [0, 0.05) is 37.9 Å². The maximum absolute atomic E-state index is 12.6. The van der Waals surface area contributed by atoms with Gasteiger partial charge in [-0.3, -0.25) is 9.48 Å². The van der Waals surface area contributed by atoms with Crippen molar-refractivity contribution in [1.29, 1.82) is 0 Å². The summed E-state index contributed by atoms with van der Waals surface area (Å²) in [6.45, 7) is 5.20. The molecule has 1 fully saturated rings. The molecule has 1 aliphatic heterocycles. The highest BCUT2D eigenvalue weighted by atomic mass is 127. The lowest BCUT2D eigenvalue weighted by atomic mass is 10.3. The van der Waals surface area contributed by atoms with Crippen molar-refractivity contribution in [3.8, 4) is 5.75 Å². The Hall–Kier alpha value is -2.01. The van der Waals surface area contributed by atoms with Gasteiger partial charge in [0.2, 0.25) is 5.91 Å². The number of ether oxygens (including phenoxy) is 1. The number of nitrogens with zero attached hydrogens (tertiary/aromatic N) is 5. The third-order valence-corrected chi connectivity index (χ3v) is 4.51. The summed E-state index contributed by atoms with van der Waals surface area (Å²) < 4.78 is 7.37. The standard InChI is InChI=1S/C19H25ClN6O2.HI/c1-3-21-19(22-7-10-28-17-6-4-5-15(20)11-17)25-8-9-26(18(27)14-25)16-12-23-24(2)13-16;/h4-6,11-13H,3,7-10,14H2,1-2H3,(H,21,22);1H. The molecule has 1 aromatic heterocycles. The number of anilines is 1. The van der Waals surface area contributed by atoms with Gasteiger partial charge in [-0.1, -0.05) is 17.7 Å². The van der Waals surface area contributed by atoms with Crippen molar-refractivity contribution in [3.63, 3.8) is 0 Å². The first-order valence-electron chi connectivity index (χ1n) is 9.27. The highest BCUT2D eigenvalue weighted by Gasteiger charge is 2.27. The van der Waals surface area contributed by atoms with E-state index in [2.05, 4.69) is 15.4 Å². The molecule has 1 aliphatic rings. The van der Waals surface area contributed by atoms with Crippen LogP contribution < -0.4 is 15.0 Å². The summed E-state index contributed by atoms with van der Waals surface area (Å²) in [7, 11) is 1.84. The molecule has 0 radical (unpaired) electrons. The van der Waals surface area contributed by atoms with Crippen molar-refractivity contribution in [2.24, 2.45) is 12.0 Å². The number of hydrogen-bond acceptors (Lipinski definition) is 4. The number of carbonyl (C=O) groups excluding carboxylic acids is 1. The molecule has 2 aromatic rings. The first kappa shape index (κ1) is 23.3. The Labute approximate surface area is 192 Å². The third kappa shape index (κ3) is 6.49. The zero-order valence-electron chi connectivity index (χ0n) is 16.5. The van der Waals surface area contributed by atoms with Gasteiger partial charge in [0.1, 0.15) is 18.9 Å². The zero-order valence-corrected chi connectivity index (χ0v) is 19.6. The number of carbonyl (C=O) groups is 1. The van der Waals surface area contributed by atoms with Gasteiger partial charge >= 0.3 is 0 Å². The Balaban J connectivity index is 0.00000300. The molecule has 0 aliphatic carbocycles. The highest BCUT2D eigenvalue weighted by molar-refractivity contribution is 14.0. The number of aryl methyl sites for hydroxylation is 1. The number of amides is 1. The summed E-state index contributed by atoms with van der Waals surface area (Å²) >= 11 is 5.96. The molecule has 0 unspecified atom stereocenters. The molecule has 0 saturated carbocycles. The largest absolute Gasteiger partial charge is 0.492 e. The maximum Gasteiger partial charge on any atom is 0.246 e. The Kier molecular flexibility index (Phi) is 9.02. The number of aliphatic imine (C=N–C) groups is 1. The first-order chi connectivity index (χ1) is 13.6. The lowest BCUT2D eigenvalue weighted by molar-refractivity contribution is -0.120. The molecular weight excluding hydrogens is 507 g/mol. The second kappa shape index (κ2) is 11.2. The lowest BCUT2D eigenvalue weighted by Gasteiger charge is -2.35. The number of hydrogen-bond donors (Lipinski definition) is 1. The van der Waals surface area contributed by atoms with E-state index in [9.17, 15) is 4.79 Å². The van der Waals surface area contributed by atoms with Crippen LogP contribution in [-0.4, -0.2) is 65.9 Å². The molecular formula is C19H26ClIN6O2. The van der Waals surface area contributed by atoms with E-state index in [-0.39, 0.29) is 36.4 Å². The maximum atomic E-state index is 12.6. The van der Waals surface area contributed by atoms with E-state index >= 15 is 0 Å². The zero-order chi connectivity index (χ0) is 19.9. The van der Waals surface area contributed by atoms with Crippen molar-refractivity contribution in [3.05, 3.63) is 41.7 Å². The molecule has 1 aromatic carbocycles. The quantitative estimate of drug-likeness (QED) is 0.268. The minimum Gasteiger partial charge on any atom is -0.492 e. The number of nitrogens with one attached hydrogen (secondary N) is 1. The van der Waals surface area contributed by atoms with E-state index in [0.29, 0.717) is 37.0 Å². The molecule has 10 heteroatoms. The number of halogens is 2. The summed E-state index contributed by atoms with van der Waals surface area (Å²) in [6, 6.07) is 7.28. The fourth-order valence-corrected chi connectivity index (χ4v) is 3.15. The van der Waals surface area contributed by atoms with E-state index in [1.807, 2.05) is 37.2 Å². The van der Waals surface area contributed by atoms with Crippen LogP contribution in [0, 0.1) is 0 Å². The average Bonchev–Trinajstić information content (AvgIpc) is 3.10. The Morgan fingerprint density at radius 2 is 2.21 bits per heavy atom. The second-order valence-corrected chi connectivity index (χ2v) is 6.82. The smallest absolute Gasteiger partial charge is 0.246 e. The second-order valence-electron chi connectivity index (χ2n) is 6.38. The van der Waals surface area contributed by atoms with Gasteiger partial charge in [-0.25, -0.2) is 4.99 Å². The number of piperazine rings is 1. The normalized spacial score (nSPS) is 14.6. The fraction of sp³-hybridized carbons (Fsp3) is 0.421. The van der Waals surface area contributed by atoms with Gasteiger partial charge in [0.15, 0.2) is 5.96 Å². The van der Waals surface area contributed by atoms with E-state index in [1.54, 1.807) is 27.9 Å². The van der Waals surface area contributed by atoms with Crippen LogP contribution in [0.1, 0.15) is 6.92 Å². The molecule has 3 rings (SSSR count). The third-order valence-electron chi connectivity index (χ3n) is 4.28. The van der Waals surface area contributed by atoms with Crippen LogP contribution in [-0.2, 0) is 11.8 Å². The fourth-order valence-electron chi connectivity index (χ4n) is 2.97. The van der Waals surface area contributed by atoms with Crippen molar-refractivity contribution in [2.45, 2.75) is 6.92 Å². The molecule has 0 atom stereocenters. The van der Waals surface area contributed by atoms with E-state index in [1.165, 1.54) is 0 Å². The molecule has 2 heterocycles. The Morgan fingerprint density at radius 1 is 1.38 bits per heavy atom. The van der Waals surface area contributed by atoms with Gasteiger partial charge in [-0.15, -0.1) is 24.0 Å². The predicted octanol–water partition coefficient (Wildman–Crippen LogP) is 2.38. The van der Waals surface area contributed by atoms with Crippen LogP contribution >= 0.6 is 35.6 Å². The van der Waals surface area contributed by atoms with Crippen LogP contribution in [0.4, 0.5) is 5.69 Å². The molecule has 0 spiro atoms. The highest BCUT2D eigenvalue weighted by Crippen LogP contribution is 2.17. The minimum atomic E-state index is 0. The van der Waals surface area contributed by atoms with Crippen LogP contribution in [0.15, 0.2) is 41.7 Å². The van der Waals surface area contributed by atoms with Gasteiger partial charge in [-0.05, 0) is 25.1 Å². The van der Waals surface area contributed by atoms with Crippen LogP contribution in [0.2, 0.25) is 5.02 Å². The summed E-state index contributed by atoms with van der Waals surface area (Å²) in [5, 5.41) is 8.03. The molecule has 158 valence electrons. The first-order valence-corrected chi connectivity index (χ1v) is 9.65. The predicted molar refractivity (Wildman–Crippen MR) is 125 cm³/mol. The Bertz CT molecular complexity index is 844. The van der Waals surface area contributed by atoms with Crippen molar-refractivity contribution in [1.82, 2.24) is 20.0 Å². The van der Waals surface area contributed by atoms with Gasteiger partial charge in [0.25, 0.3) is 0 Å². The topological polar surface area (TPSA) is 75.0 Å². The van der Waals surface area contributed by atoms with Gasteiger partial charge in [-0.2, -0.15) is 5.10 Å². The molecule has 1 N–H and O–H groups in total. The van der Waals surface area contributed by atoms with Crippen molar-refractivity contribution < 1.29 is 9.53 Å². The van der Waals surface area contributed by atoms with Gasteiger partial charge in [0.05, 0.1) is 18.4 Å². The summed E-state index contributed by atoms with van der Waals surface area (Å²) in [4.78, 5) is 20.9. The molecule has 29 heavy (non-hydrogen) atoms. The summed E-state index contributed by atoms with van der Waals surface area (Å²) in [6.07, 6.45) is 3.56. The minimum absolute atomic E-state index is 0. The average molecular weight is 533 g/mol. The molecule has 8 nitrogen and oxygen atoms in total. The van der Waals surface area contributed by atoms with Crippen molar-refractivity contribution in [2.75, 3.05) is 44.2 Å². The number of rotatable bonds is 6. The molecule has 1 saturated heterocycles. The summed E-state index contributed by atoms with van der Waals surface area (Å²) in [5.41, 5.74) is 0.823. The van der Waals surface area contributed by atoms with Gasteiger partial charge < -0.3 is 19.9 Å². The Morgan fingerprint density at radius 3 is 2.86 bits per heavy atom. The van der Waals surface area contributed by atoms with Crippen LogP contribution in [0.25, 0.3) is 0 Å². The van der Waals surface area contributed by atoms with Crippen LogP contribution in [0.3, 0.4) is 0 Å². The van der Waals surface area contributed by atoms with Crippen LogP contribution in [0.5, 0.6) is 5.75 Å². The SMILES string of the molecule is CCNC(=NCCOc1cccc(Cl)c1)N1CCN(c2cnn(C)c2)C(=O)C1.I. The summed E-state index contributed by atoms with van der Waals surface area (Å²) in [5.74, 6) is 1.46. The monoisotopic (exact) mass is 532 g/mol. The number of aromatic nitrogens is 2.